The second kappa shape index (κ2) is 5.32. The Morgan fingerprint density at radius 1 is 1.19 bits per heavy atom. The lowest BCUT2D eigenvalue weighted by Crippen LogP contribution is -2.09. The van der Waals surface area contributed by atoms with Crippen LogP contribution in [-0.2, 0) is 12.7 Å². The summed E-state index contributed by atoms with van der Waals surface area (Å²) in [4.78, 5) is 0. The lowest BCUT2D eigenvalue weighted by atomic mass is 10.2. The molecular formula is C10H16F3N3. The number of unbranched alkanes of at least 4 members (excludes halogenated alkanes) is 3. The predicted octanol–water partition coefficient (Wildman–Crippen LogP) is 3.19. The fourth-order valence-electron chi connectivity index (χ4n) is 1.52. The third-order valence-electron chi connectivity index (χ3n) is 2.47. The van der Waals surface area contributed by atoms with Gasteiger partial charge in [0.15, 0.2) is 5.69 Å². The highest BCUT2D eigenvalue weighted by Crippen LogP contribution is 2.29. The van der Waals surface area contributed by atoms with Crippen LogP contribution in [0.2, 0.25) is 0 Å². The molecule has 0 aliphatic heterocycles. The number of aryl methyl sites for hydroxylation is 1. The Kier molecular flexibility index (Phi) is 4.32. The monoisotopic (exact) mass is 235 g/mol. The predicted molar refractivity (Wildman–Crippen MR) is 53.9 cm³/mol. The van der Waals surface area contributed by atoms with Crippen LogP contribution in [-0.4, -0.2) is 15.0 Å². The summed E-state index contributed by atoms with van der Waals surface area (Å²) >= 11 is 0. The van der Waals surface area contributed by atoms with Crippen LogP contribution in [0, 0.1) is 6.92 Å². The summed E-state index contributed by atoms with van der Waals surface area (Å²) < 4.78 is 38.5. The average molecular weight is 235 g/mol. The van der Waals surface area contributed by atoms with Crippen molar-refractivity contribution in [3.63, 3.8) is 0 Å². The molecule has 0 bridgehead atoms. The molecule has 0 aromatic carbocycles. The van der Waals surface area contributed by atoms with E-state index in [1.165, 1.54) is 11.6 Å². The first-order valence-corrected chi connectivity index (χ1v) is 5.44. The molecule has 0 N–H and O–H groups in total. The number of halogens is 3. The van der Waals surface area contributed by atoms with Crippen molar-refractivity contribution in [3.05, 3.63) is 11.4 Å². The van der Waals surface area contributed by atoms with Gasteiger partial charge in [-0.15, -0.1) is 5.10 Å². The molecular weight excluding hydrogens is 219 g/mol. The summed E-state index contributed by atoms with van der Waals surface area (Å²) in [5.74, 6) is 0. The number of nitrogens with zero attached hydrogens (tertiary/aromatic N) is 3. The molecule has 1 aromatic rings. The lowest BCUT2D eigenvalue weighted by Gasteiger charge is -2.05. The van der Waals surface area contributed by atoms with Gasteiger partial charge in [-0.1, -0.05) is 31.4 Å². The normalized spacial score (nSPS) is 12.1. The molecule has 0 fully saturated rings. The van der Waals surface area contributed by atoms with Crippen molar-refractivity contribution in [2.75, 3.05) is 0 Å². The Hall–Kier alpha value is -1.07. The van der Waals surface area contributed by atoms with E-state index in [2.05, 4.69) is 17.2 Å². The molecule has 0 spiro atoms. The molecule has 0 aliphatic rings. The van der Waals surface area contributed by atoms with E-state index in [1.54, 1.807) is 0 Å². The molecule has 0 atom stereocenters. The molecule has 0 amide bonds. The van der Waals surface area contributed by atoms with Crippen LogP contribution < -0.4 is 0 Å². The largest absolute Gasteiger partial charge is 0.437 e. The zero-order valence-corrected chi connectivity index (χ0v) is 9.51. The fraction of sp³-hybridized carbons (Fsp3) is 0.800. The minimum absolute atomic E-state index is 0.101. The maximum atomic E-state index is 12.4. The molecule has 0 unspecified atom stereocenters. The Labute approximate surface area is 92.6 Å². The lowest BCUT2D eigenvalue weighted by molar-refractivity contribution is -0.141. The van der Waals surface area contributed by atoms with Crippen LogP contribution in [0.5, 0.6) is 0 Å². The van der Waals surface area contributed by atoms with Crippen molar-refractivity contribution in [2.45, 2.75) is 52.3 Å². The molecule has 0 saturated heterocycles. The smallest absolute Gasteiger partial charge is 0.249 e. The van der Waals surface area contributed by atoms with Gasteiger partial charge in [0, 0.05) is 6.54 Å². The van der Waals surface area contributed by atoms with E-state index in [9.17, 15) is 13.2 Å². The summed E-state index contributed by atoms with van der Waals surface area (Å²) in [7, 11) is 0. The second-order valence-electron chi connectivity index (χ2n) is 3.81. The fourth-order valence-corrected chi connectivity index (χ4v) is 1.52. The summed E-state index contributed by atoms with van der Waals surface area (Å²) in [6.45, 7) is 4.00. The van der Waals surface area contributed by atoms with E-state index in [1.807, 2.05) is 0 Å². The Morgan fingerprint density at radius 2 is 1.88 bits per heavy atom. The Balaban J connectivity index is 2.59. The van der Waals surface area contributed by atoms with E-state index in [4.69, 9.17) is 0 Å². The SMILES string of the molecule is CCCCCCn1nnc(C(F)(F)F)c1C. The zero-order chi connectivity index (χ0) is 12.2. The highest BCUT2D eigenvalue weighted by atomic mass is 19.4. The zero-order valence-electron chi connectivity index (χ0n) is 9.51. The van der Waals surface area contributed by atoms with Gasteiger partial charge in [-0.25, -0.2) is 4.68 Å². The van der Waals surface area contributed by atoms with Gasteiger partial charge in [0.25, 0.3) is 0 Å². The molecule has 0 saturated carbocycles. The standard InChI is InChI=1S/C10H16F3N3/c1-3-4-5-6-7-16-8(2)9(14-15-16)10(11,12)13/h3-7H2,1-2H3. The van der Waals surface area contributed by atoms with Gasteiger partial charge in [0.2, 0.25) is 0 Å². The van der Waals surface area contributed by atoms with Gasteiger partial charge in [-0.2, -0.15) is 13.2 Å². The molecule has 6 heteroatoms. The van der Waals surface area contributed by atoms with Crippen molar-refractivity contribution in [1.82, 2.24) is 15.0 Å². The molecule has 92 valence electrons. The van der Waals surface area contributed by atoms with E-state index in [-0.39, 0.29) is 5.69 Å². The number of hydrogen-bond acceptors (Lipinski definition) is 2. The summed E-state index contributed by atoms with van der Waals surface area (Å²) in [6, 6.07) is 0. The van der Waals surface area contributed by atoms with E-state index >= 15 is 0 Å². The third kappa shape index (κ3) is 3.21. The number of alkyl halides is 3. The van der Waals surface area contributed by atoms with Gasteiger partial charge in [-0.3, -0.25) is 0 Å². The highest BCUT2D eigenvalue weighted by Gasteiger charge is 2.36. The number of aromatic nitrogens is 3. The molecule has 16 heavy (non-hydrogen) atoms. The first-order valence-electron chi connectivity index (χ1n) is 5.44. The summed E-state index contributed by atoms with van der Waals surface area (Å²) in [5.41, 5.74) is -0.771. The highest BCUT2D eigenvalue weighted by molar-refractivity contribution is 5.11. The van der Waals surface area contributed by atoms with Crippen molar-refractivity contribution in [2.24, 2.45) is 0 Å². The maximum Gasteiger partial charge on any atom is 0.437 e. The van der Waals surface area contributed by atoms with Gasteiger partial charge >= 0.3 is 6.18 Å². The average Bonchev–Trinajstić information content (AvgIpc) is 2.54. The second-order valence-corrected chi connectivity index (χ2v) is 3.81. The molecule has 0 radical (unpaired) electrons. The molecule has 1 aromatic heterocycles. The van der Waals surface area contributed by atoms with Crippen molar-refractivity contribution in [3.8, 4) is 0 Å². The van der Waals surface area contributed by atoms with Crippen LogP contribution in [0.25, 0.3) is 0 Å². The molecule has 1 rings (SSSR count). The van der Waals surface area contributed by atoms with Gasteiger partial charge in [0.05, 0.1) is 5.69 Å². The molecule has 0 aliphatic carbocycles. The van der Waals surface area contributed by atoms with Crippen LogP contribution in [0.3, 0.4) is 0 Å². The topological polar surface area (TPSA) is 30.7 Å². The van der Waals surface area contributed by atoms with E-state index < -0.39 is 11.9 Å². The minimum Gasteiger partial charge on any atom is -0.249 e. The van der Waals surface area contributed by atoms with Gasteiger partial charge < -0.3 is 0 Å². The molecule has 1 heterocycles. The quantitative estimate of drug-likeness (QED) is 0.734. The van der Waals surface area contributed by atoms with E-state index in [0.717, 1.165) is 25.7 Å². The van der Waals surface area contributed by atoms with E-state index in [0.29, 0.717) is 6.54 Å². The minimum atomic E-state index is -4.40. The van der Waals surface area contributed by atoms with Crippen LogP contribution in [0.1, 0.15) is 44.0 Å². The first-order chi connectivity index (χ1) is 7.46. The van der Waals surface area contributed by atoms with Crippen molar-refractivity contribution >= 4 is 0 Å². The third-order valence-corrected chi connectivity index (χ3v) is 2.47. The van der Waals surface area contributed by atoms with Gasteiger partial charge in [0.1, 0.15) is 0 Å². The Bertz CT molecular complexity index is 331. The summed E-state index contributed by atoms with van der Waals surface area (Å²) in [6.07, 6.45) is -0.345. The summed E-state index contributed by atoms with van der Waals surface area (Å²) in [5, 5.41) is 6.70. The van der Waals surface area contributed by atoms with Crippen LogP contribution in [0.4, 0.5) is 13.2 Å². The first kappa shape index (κ1) is 13.0. The van der Waals surface area contributed by atoms with Crippen molar-refractivity contribution in [1.29, 1.82) is 0 Å². The molecule has 3 nitrogen and oxygen atoms in total. The number of rotatable bonds is 5. The van der Waals surface area contributed by atoms with Crippen LogP contribution in [0.15, 0.2) is 0 Å². The maximum absolute atomic E-state index is 12.4. The van der Waals surface area contributed by atoms with Gasteiger partial charge in [-0.05, 0) is 13.3 Å². The van der Waals surface area contributed by atoms with Crippen LogP contribution >= 0.6 is 0 Å². The number of hydrogen-bond donors (Lipinski definition) is 0. The Morgan fingerprint density at radius 3 is 2.38 bits per heavy atom. The van der Waals surface area contributed by atoms with Crippen molar-refractivity contribution < 1.29 is 13.2 Å².